The number of nitrogens with one attached hydrogen (secondary N) is 1. The Balaban J connectivity index is 2.63. The Morgan fingerprint density at radius 2 is 2.12 bits per heavy atom. The van der Waals surface area contributed by atoms with Gasteiger partial charge in [-0.05, 0) is 41.0 Å². The monoisotopic (exact) mass is 317 g/mol. The largest absolute Gasteiger partial charge is 0.312 e. The predicted octanol–water partition coefficient (Wildman–Crippen LogP) is 2.67. The van der Waals surface area contributed by atoms with Gasteiger partial charge in [-0.15, -0.1) is 0 Å². The second kappa shape index (κ2) is 4.71. The maximum absolute atomic E-state index is 12.5. The van der Waals surface area contributed by atoms with E-state index >= 15 is 0 Å². The third kappa shape index (κ3) is 1.94. The van der Waals surface area contributed by atoms with Crippen LogP contribution in [0.15, 0.2) is 27.6 Å². The average molecular weight is 318 g/mol. The molecule has 0 radical (unpaired) electrons. The summed E-state index contributed by atoms with van der Waals surface area (Å²) >= 11 is 3.35. The molecule has 0 aliphatic carbocycles. The van der Waals surface area contributed by atoms with Gasteiger partial charge in [-0.25, -0.2) is 8.42 Å². The number of sulfone groups is 1. The zero-order chi connectivity index (χ0) is 12.6. The van der Waals surface area contributed by atoms with Crippen LogP contribution in [-0.2, 0) is 9.84 Å². The molecule has 0 aromatic heterocycles. The van der Waals surface area contributed by atoms with E-state index in [1.165, 1.54) is 0 Å². The van der Waals surface area contributed by atoms with Gasteiger partial charge in [0.15, 0.2) is 9.84 Å². The highest BCUT2D eigenvalue weighted by atomic mass is 79.9. The first-order chi connectivity index (χ1) is 8.04. The summed E-state index contributed by atoms with van der Waals surface area (Å²) < 4.78 is 25.7. The Morgan fingerprint density at radius 1 is 1.41 bits per heavy atom. The molecule has 17 heavy (non-hydrogen) atoms. The second-order valence-electron chi connectivity index (χ2n) is 4.30. The molecule has 0 saturated carbocycles. The highest BCUT2D eigenvalue weighted by Gasteiger charge is 2.44. The van der Waals surface area contributed by atoms with E-state index in [-0.39, 0.29) is 11.3 Å². The van der Waals surface area contributed by atoms with Crippen LogP contribution in [-0.4, -0.2) is 20.7 Å². The van der Waals surface area contributed by atoms with Crippen LogP contribution in [0.5, 0.6) is 0 Å². The fourth-order valence-electron chi connectivity index (χ4n) is 2.55. The Labute approximate surface area is 111 Å². The van der Waals surface area contributed by atoms with Gasteiger partial charge in [-0.2, -0.15) is 0 Å². The zero-order valence-electron chi connectivity index (χ0n) is 9.90. The summed E-state index contributed by atoms with van der Waals surface area (Å²) in [5, 5.41) is 2.80. The van der Waals surface area contributed by atoms with Gasteiger partial charge in [0.2, 0.25) is 0 Å². The minimum absolute atomic E-state index is 0.0903. The van der Waals surface area contributed by atoms with Crippen molar-refractivity contribution < 1.29 is 8.42 Å². The molecule has 0 fully saturated rings. The van der Waals surface area contributed by atoms with Crippen LogP contribution in [0.4, 0.5) is 0 Å². The third-order valence-corrected chi connectivity index (χ3v) is 6.52. The molecule has 5 heteroatoms. The van der Waals surface area contributed by atoms with Gasteiger partial charge in [0, 0.05) is 4.47 Å². The van der Waals surface area contributed by atoms with E-state index in [1.54, 1.807) is 6.07 Å². The molecule has 3 nitrogen and oxygen atoms in total. The van der Waals surface area contributed by atoms with E-state index < -0.39 is 9.84 Å². The number of benzene rings is 1. The van der Waals surface area contributed by atoms with Crippen molar-refractivity contribution in [3.63, 3.8) is 0 Å². The molecule has 1 aromatic carbocycles. The number of rotatable bonds is 3. The standard InChI is InChI=1S/C12H16BrNO2S/c1-3-5-10-11(14-2)8-6-4-7-9(13)12(8)17(10,15)16/h4,6-7,10-11,14H,3,5H2,1-2H3. The fraction of sp³-hybridized carbons (Fsp3) is 0.500. The topological polar surface area (TPSA) is 46.2 Å². The maximum Gasteiger partial charge on any atom is 0.184 e. The summed E-state index contributed by atoms with van der Waals surface area (Å²) in [7, 11) is -1.39. The molecule has 0 bridgehead atoms. The molecule has 94 valence electrons. The van der Waals surface area contributed by atoms with E-state index in [0.29, 0.717) is 15.8 Å². The average Bonchev–Trinajstić information content (AvgIpc) is 2.49. The van der Waals surface area contributed by atoms with Crippen molar-refractivity contribution in [2.24, 2.45) is 0 Å². The summed E-state index contributed by atoms with van der Waals surface area (Å²) in [4.78, 5) is 0.470. The van der Waals surface area contributed by atoms with E-state index in [0.717, 1.165) is 12.0 Å². The molecule has 0 spiro atoms. The molecule has 2 atom stereocenters. The van der Waals surface area contributed by atoms with Crippen LogP contribution < -0.4 is 5.32 Å². The van der Waals surface area contributed by atoms with E-state index in [2.05, 4.69) is 21.2 Å². The molecule has 0 saturated heterocycles. The minimum Gasteiger partial charge on any atom is -0.312 e. The van der Waals surface area contributed by atoms with Crippen molar-refractivity contribution in [3.05, 3.63) is 28.2 Å². The summed E-state index contributed by atoms with van der Waals surface area (Å²) in [6, 6.07) is 5.48. The molecular formula is C12H16BrNO2S. The molecule has 1 aliphatic rings. The first-order valence-electron chi connectivity index (χ1n) is 5.73. The van der Waals surface area contributed by atoms with E-state index in [9.17, 15) is 8.42 Å². The molecular weight excluding hydrogens is 302 g/mol. The van der Waals surface area contributed by atoms with Gasteiger partial charge >= 0.3 is 0 Å². The first-order valence-corrected chi connectivity index (χ1v) is 8.07. The molecule has 1 heterocycles. The maximum atomic E-state index is 12.5. The lowest BCUT2D eigenvalue weighted by atomic mass is 10.0. The van der Waals surface area contributed by atoms with Gasteiger partial charge in [0.25, 0.3) is 0 Å². The highest BCUT2D eigenvalue weighted by Crippen LogP contribution is 2.44. The normalized spacial score (nSPS) is 25.8. The predicted molar refractivity (Wildman–Crippen MR) is 71.8 cm³/mol. The lowest BCUT2D eigenvalue weighted by molar-refractivity contribution is 0.514. The minimum atomic E-state index is -3.21. The summed E-state index contributed by atoms with van der Waals surface area (Å²) in [6.07, 6.45) is 1.56. The van der Waals surface area contributed by atoms with Crippen molar-refractivity contribution in [2.45, 2.75) is 36.0 Å². The van der Waals surface area contributed by atoms with Crippen LogP contribution in [0.25, 0.3) is 0 Å². The Bertz CT molecular complexity index is 527. The smallest absolute Gasteiger partial charge is 0.184 e. The SMILES string of the molecule is CCCC1C(NC)c2cccc(Br)c2S1(=O)=O. The number of hydrogen-bond donors (Lipinski definition) is 1. The number of halogens is 1. The zero-order valence-corrected chi connectivity index (χ0v) is 12.3. The van der Waals surface area contributed by atoms with E-state index in [4.69, 9.17) is 0 Å². The van der Waals surface area contributed by atoms with Crippen molar-refractivity contribution in [2.75, 3.05) is 7.05 Å². The summed E-state index contributed by atoms with van der Waals surface area (Å²) in [5.41, 5.74) is 0.889. The quantitative estimate of drug-likeness (QED) is 0.932. The van der Waals surface area contributed by atoms with Crippen molar-refractivity contribution >= 4 is 25.8 Å². The second-order valence-corrected chi connectivity index (χ2v) is 7.25. The van der Waals surface area contributed by atoms with Gasteiger partial charge in [-0.3, -0.25) is 0 Å². The molecule has 1 N–H and O–H groups in total. The molecule has 1 aliphatic heterocycles. The van der Waals surface area contributed by atoms with Gasteiger partial charge in [0.1, 0.15) is 0 Å². The lowest BCUT2D eigenvalue weighted by Crippen LogP contribution is -2.29. The summed E-state index contributed by atoms with van der Waals surface area (Å²) in [5.74, 6) is 0. The Kier molecular flexibility index (Phi) is 3.61. The van der Waals surface area contributed by atoms with Crippen LogP contribution in [0.2, 0.25) is 0 Å². The van der Waals surface area contributed by atoms with Gasteiger partial charge in [0.05, 0.1) is 16.2 Å². The van der Waals surface area contributed by atoms with Crippen LogP contribution in [0, 0.1) is 0 Å². The number of fused-ring (bicyclic) bond motifs is 1. The Morgan fingerprint density at radius 3 is 2.71 bits per heavy atom. The molecule has 2 unspecified atom stereocenters. The van der Waals surface area contributed by atoms with Gasteiger partial charge < -0.3 is 5.32 Å². The molecule has 0 amide bonds. The van der Waals surface area contributed by atoms with E-state index in [1.807, 2.05) is 26.1 Å². The third-order valence-electron chi connectivity index (χ3n) is 3.27. The first kappa shape index (κ1) is 13.1. The fourth-order valence-corrected chi connectivity index (χ4v) is 5.96. The van der Waals surface area contributed by atoms with Crippen molar-refractivity contribution in [1.82, 2.24) is 5.32 Å². The highest BCUT2D eigenvalue weighted by molar-refractivity contribution is 9.10. The van der Waals surface area contributed by atoms with Crippen LogP contribution in [0.1, 0.15) is 31.4 Å². The lowest BCUT2D eigenvalue weighted by Gasteiger charge is -2.17. The molecule has 1 aromatic rings. The van der Waals surface area contributed by atoms with Crippen molar-refractivity contribution in [3.8, 4) is 0 Å². The summed E-state index contributed by atoms with van der Waals surface area (Å²) in [6.45, 7) is 2.01. The van der Waals surface area contributed by atoms with Crippen LogP contribution >= 0.6 is 15.9 Å². The van der Waals surface area contributed by atoms with Crippen molar-refractivity contribution in [1.29, 1.82) is 0 Å². The van der Waals surface area contributed by atoms with Gasteiger partial charge in [-0.1, -0.05) is 25.5 Å². The Hall–Kier alpha value is -0.390. The molecule has 2 rings (SSSR count). The van der Waals surface area contributed by atoms with Crippen LogP contribution in [0.3, 0.4) is 0 Å². The number of hydrogen-bond acceptors (Lipinski definition) is 3.